The summed E-state index contributed by atoms with van der Waals surface area (Å²) < 4.78 is 5.02. The third-order valence-corrected chi connectivity index (χ3v) is 3.75. The van der Waals surface area contributed by atoms with Gasteiger partial charge in [0.15, 0.2) is 0 Å². The predicted molar refractivity (Wildman–Crippen MR) is 89.7 cm³/mol. The zero-order chi connectivity index (χ0) is 17.5. The fourth-order valence-electron chi connectivity index (χ4n) is 2.63. The van der Waals surface area contributed by atoms with E-state index in [1.54, 1.807) is 46.2 Å². The van der Waals surface area contributed by atoms with Gasteiger partial charge < -0.3 is 14.5 Å². The molecule has 6 heteroatoms. The van der Waals surface area contributed by atoms with E-state index in [-0.39, 0.29) is 11.8 Å². The Morgan fingerprint density at radius 2 is 1.79 bits per heavy atom. The van der Waals surface area contributed by atoms with Gasteiger partial charge in [-0.25, -0.2) is 0 Å². The number of amides is 2. The number of nitrogens with zero attached hydrogens (tertiary/aromatic N) is 2. The van der Waals surface area contributed by atoms with E-state index in [4.69, 9.17) is 4.74 Å². The molecule has 1 aromatic carbocycles. The molecule has 6 nitrogen and oxygen atoms in total. The van der Waals surface area contributed by atoms with Crippen LogP contribution in [0.1, 0.15) is 30.6 Å². The number of rotatable bonds is 3. The molecule has 2 rings (SSSR count). The standard InChI is InChI=1S/C18H22N2O4/c1-3-6-17(22)19-9-5-10-20(12-11-19)18(23)15-7-4-8-16(13-15)24-14(2)21/h3-4,6-8,13H,5,9-12H2,1-2H3/b6-3+. The highest BCUT2D eigenvalue weighted by Crippen LogP contribution is 2.16. The number of carbonyl (C=O) groups excluding carboxylic acids is 3. The quantitative estimate of drug-likeness (QED) is 0.482. The lowest BCUT2D eigenvalue weighted by Gasteiger charge is -2.21. The van der Waals surface area contributed by atoms with Crippen LogP contribution in [0.4, 0.5) is 0 Å². The van der Waals surface area contributed by atoms with Crippen molar-refractivity contribution in [2.24, 2.45) is 0 Å². The van der Waals surface area contributed by atoms with Gasteiger partial charge >= 0.3 is 5.97 Å². The summed E-state index contributed by atoms with van der Waals surface area (Å²) in [5.74, 6) is -0.214. The fraction of sp³-hybridized carbons (Fsp3) is 0.389. The molecular weight excluding hydrogens is 308 g/mol. The van der Waals surface area contributed by atoms with Gasteiger partial charge in [-0.15, -0.1) is 0 Å². The third kappa shape index (κ3) is 4.68. The van der Waals surface area contributed by atoms with Crippen molar-refractivity contribution in [1.29, 1.82) is 0 Å². The van der Waals surface area contributed by atoms with Crippen molar-refractivity contribution in [3.05, 3.63) is 42.0 Å². The summed E-state index contributed by atoms with van der Waals surface area (Å²) in [6.45, 7) is 5.36. The number of hydrogen-bond donors (Lipinski definition) is 0. The molecule has 0 bridgehead atoms. The maximum absolute atomic E-state index is 12.7. The Balaban J connectivity index is 2.05. The molecule has 128 valence electrons. The average Bonchev–Trinajstić information content (AvgIpc) is 2.80. The minimum Gasteiger partial charge on any atom is -0.427 e. The van der Waals surface area contributed by atoms with Crippen LogP contribution in [0.5, 0.6) is 5.75 Å². The number of esters is 1. The first-order valence-corrected chi connectivity index (χ1v) is 8.00. The van der Waals surface area contributed by atoms with Gasteiger partial charge in [-0.1, -0.05) is 12.1 Å². The van der Waals surface area contributed by atoms with Crippen LogP contribution in [0.25, 0.3) is 0 Å². The SMILES string of the molecule is C/C=C/C(=O)N1CCCN(C(=O)c2cccc(OC(C)=O)c2)CC1. The summed E-state index contributed by atoms with van der Waals surface area (Å²) in [5.41, 5.74) is 0.474. The van der Waals surface area contributed by atoms with Crippen molar-refractivity contribution >= 4 is 17.8 Å². The highest BCUT2D eigenvalue weighted by Gasteiger charge is 2.22. The van der Waals surface area contributed by atoms with E-state index < -0.39 is 5.97 Å². The van der Waals surface area contributed by atoms with Crippen LogP contribution in [0.3, 0.4) is 0 Å². The maximum Gasteiger partial charge on any atom is 0.308 e. The minimum atomic E-state index is -0.424. The molecule has 0 spiro atoms. The molecule has 1 aromatic rings. The first-order valence-electron chi connectivity index (χ1n) is 8.00. The zero-order valence-electron chi connectivity index (χ0n) is 14.0. The van der Waals surface area contributed by atoms with Gasteiger partial charge in [0, 0.05) is 38.7 Å². The Kier molecular flexibility index (Phi) is 6.12. The summed E-state index contributed by atoms with van der Waals surface area (Å²) in [6, 6.07) is 6.59. The highest BCUT2D eigenvalue weighted by molar-refractivity contribution is 5.95. The lowest BCUT2D eigenvalue weighted by Crippen LogP contribution is -2.36. The Hall–Kier alpha value is -2.63. The van der Waals surface area contributed by atoms with Gasteiger partial charge in [0.05, 0.1) is 0 Å². The molecule has 0 atom stereocenters. The van der Waals surface area contributed by atoms with Crippen LogP contribution >= 0.6 is 0 Å². The molecule has 1 aliphatic rings. The number of hydrogen-bond acceptors (Lipinski definition) is 4. The van der Waals surface area contributed by atoms with Gasteiger partial charge in [-0.2, -0.15) is 0 Å². The summed E-state index contributed by atoms with van der Waals surface area (Å²) in [4.78, 5) is 39.1. The number of carbonyl (C=O) groups is 3. The van der Waals surface area contributed by atoms with Crippen LogP contribution in [0, 0.1) is 0 Å². The Bertz CT molecular complexity index is 654. The lowest BCUT2D eigenvalue weighted by atomic mass is 10.2. The molecule has 0 saturated carbocycles. The van der Waals surface area contributed by atoms with Crippen LogP contribution in [-0.4, -0.2) is 53.8 Å². The summed E-state index contributed by atoms with van der Waals surface area (Å²) in [6.07, 6.45) is 4.00. The second-order valence-corrected chi connectivity index (χ2v) is 5.59. The second-order valence-electron chi connectivity index (χ2n) is 5.59. The largest absolute Gasteiger partial charge is 0.427 e. The molecular formula is C18H22N2O4. The third-order valence-electron chi connectivity index (χ3n) is 3.75. The number of ether oxygens (including phenoxy) is 1. The molecule has 0 radical (unpaired) electrons. The molecule has 0 aliphatic carbocycles. The van der Waals surface area contributed by atoms with Gasteiger partial charge in [-0.3, -0.25) is 14.4 Å². The number of allylic oxidation sites excluding steroid dienone is 1. The molecule has 1 saturated heterocycles. The molecule has 0 unspecified atom stereocenters. The molecule has 24 heavy (non-hydrogen) atoms. The van der Waals surface area contributed by atoms with Crippen molar-refractivity contribution < 1.29 is 19.1 Å². The topological polar surface area (TPSA) is 66.9 Å². The molecule has 1 aliphatic heterocycles. The van der Waals surface area contributed by atoms with Crippen molar-refractivity contribution in [1.82, 2.24) is 9.80 Å². The maximum atomic E-state index is 12.7. The Morgan fingerprint density at radius 3 is 2.50 bits per heavy atom. The summed E-state index contributed by atoms with van der Waals surface area (Å²) >= 11 is 0. The molecule has 0 N–H and O–H groups in total. The van der Waals surface area contributed by atoms with Crippen molar-refractivity contribution in [2.75, 3.05) is 26.2 Å². The molecule has 1 fully saturated rings. The summed E-state index contributed by atoms with van der Waals surface area (Å²) in [5, 5.41) is 0. The van der Waals surface area contributed by atoms with E-state index >= 15 is 0 Å². The van der Waals surface area contributed by atoms with E-state index in [1.165, 1.54) is 6.92 Å². The second kappa shape index (κ2) is 8.29. The molecule has 2 amide bonds. The van der Waals surface area contributed by atoms with Crippen LogP contribution < -0.4 is 4.74 Å². The van der Waals surface area contributed by atoms with Crippen LogP contribution in [0.2, 0.25) is 0 Å². The lowest BCUT2D eigenvalue weighted by molar-refractivity contribution is -0.132. The number of benzene rings is 1. The van der Waals surface area contributed by atoms with E-state index in [0.29, 0.717) is 37.5 Å². The van der Waals surface area contributed by atoms with Crippen molar-refractivity contribution in [2.45, 2.75) is 20.3 Å². The van der Waals surface area contributed by atoms with Crippen LogP contribution in [-0.2, 0) is 9.59 Å². The highest BCUT2D eigenvalue weighted by atomic mass is 16.5. The first kappa shape index (κ1) is 17.7. The zero-order valence-corrected chi connectivity index (χ0v) is 14.0. The van der Waals surface area contributed by atoms with Gasteiger partial charge in [0.2, 0.25) is 5.91 Å². The van der Waals surface area contributed by atoms with E-state index in [2.05, 4.69) is 0 Å². The van der Waals surface area contributed by atoms with E-state index in [1.807, 2.05) is 6.92 Å². The minimum absolute atomic E-state index is 0.0244. The van der Waals surface area contributed by atoms with Gasteiger partial charge in [-0.05, 0) is 37.6 Å². The Morgan fingerprint density at radius 1 is 1.08 bits per heavy atom. The van der Waals surface area contributed by atoms with E-state index in [9.17, 15) is 14.4 Å². The van der Waals surface area contributed by atoms with E-state index in [0.717, 1.165) is 6.42 Å². The first-order chi connectivity index (χ1) is 11.5. The average molecular weight is 330 g/mol. The van der Waals surface area contributed by atoms with Gasteiger partial charge in [0.1, 0.15) is 5.75 Å². The van der Waals surface area contributed by atoms with Gasteiger partial charge in [0.25, 0.3) is 5.91 Å². The van der Waals surface area contributed by atoms with Crippen molar-refractivity contribution in [3.63, 3.8) is 0 Å². The molecule has 0 aromatic heterocycles. The predicted octanol–water partition coefficient (Wildman–Crippen LogP) is 1.86. The normalized spacial score (nSPS) is 15.2. The summed E-state index contributed by atoms with van der Waals surface area (Å²) in [7, 11) is 0. The monoisotopic (exact) mass is 330 g/mol. The van der Waals surface area contributed by atoms with Crippen molar-refractivity contribution in [3.8, 4) is 5.75 Å². The smallest absolute Gasteiger partial charge is 0.308 e. The molecule has 1 heterocycles. The Labute approximate surface area is 141 Å². The fourth-order valence-corrected chi connectivity index (χ4v) is 2.63. The van der Waals surface area contributed by atoms with Crippen LogP contribution in [0.15, 0.2) is 36.4 Å².